The Morgan fingerprint density at radius 2 is 1.63 bits per heavy atom. The van der Waals surface area contributed by atoms with Gasteiger partial charge in [-0.15, -0.1) is 0 Å². The highest BCUT2D eigenvalue weighted by Crippen LogP contribution is 2.18. The first-order valence-corrected chi connectivity index (χ1v) is 5.86. The van der Waals surface area contributed by atoms with E-state index in [1.165, 1.54) is 24.3 Å². The van der Waals surface area contributed by atoms with Gasteiger partial charge in [0.2, 0.25) is 0 Å². The maximum absolute atomic E-state index is 13.1. The molecule has 0 saturated heterocycles. The average molecular weight is 259 g/mol. The fourth-order valence-corrected chi connectivity index (χ4v) is 1.93. The van der Waals surface area contributed by atoms with Crippen molar-refractivity contribution < 1.29 is 13.5 Å². The van der Waals surface area contributed by atoms with E-state index < -0.39 is 0 Å². The molecule has 4 heteroatoms. The summed E-state index contributed by atoms with van der Waals surface area (Å²) in [6, 6.07) is 12.2. The molecular formula is C15H11F2NO. The lowest BCUT2D eigenvalue weighted by Gasteiger charge is -2.03. The van der Waals surface area contributed by atoms with Crippen LogP contribution in [0.5, 0.6) is 5.75 Å². The standard InChI is InChI=1S/C15H11F2NO/c16-11-1-4-14(5-2-11)19-9-13-8-10-7-12(17)3-6-15(10)18-13/h1-8,18H,9H2. The Hall–Kier alpha value is -2.36. The van der Waals surface area contributed by atoms with Crippen molar-refractivity contribution in [1.29, 1.82) is 0 Å². The molecule has 0 fully saturated rings. The van der Waals surface area contributed by atoms with E-state index in [1.54, 1.807) is 18.2 Å². The molecule has 1 aromatic heterocycles. The number of fused-ring (bicyclic) bond motifs is 1. The van der Waals surface area contributed by atoms with Crippen LogP contribution in [0.15, 0.2) is 48.5 Å². The zero-order valence-corrected chi connectivity index (χ0v) is 9.99. The van der Waals surface area contributed by atoms with Gasteiger partial charge in [0, 0.05) is 10.9 Å². The molecular weight excluding hydrogens is 248 g/mol. The monoisotopic (exact) mass is 259 g/mol. The summed E-state index contributed by atoms with van der Waals surface area (Å²) >= 11 is 0. The molecule has 0 spiro atoms. The van der Waals surface area contributed by atoms with Gasteiger partial charge in [0.15, 0.2) is 0 Å². The molecule has 0 bridgehead atoms. The van der Waals surface area contributed by atoms with Gasteiger partial charge in [-0.25, -0.2) is 8.78 Å². The van der Waals surface area contributed by atoms with E-state index in [-0.39, 0.29) is 11.6 Å². The second-order valence-corrected chi connectivity index (χ2v) is 4.27. The van der Waals surface area contributed by atoms with Gasteiger partial charge in [0.1, 0.15) is 24.0 Å². The van der Waals surface area contributed by atoms with Crippen LogP contribution < -0.4 is 4.74 Å². The summed E-state index contributed by atoms with van der Waals surface area (Å²) in [5.41, 5.74) is 1.70. The summed E-state index contributed by atoms with van der Waals surface area (Å²) < 4.78 is 31.3. The zero-order valence-electron chi connectivity index (χ0n) is 9.99. The van der Waals surface area contributed by atoms with Crippen LogP contribution in [-0.2, 0) is 6.61 Å². The number of halogens is 2. The second kappa shape index (κ2) is 4.72. The molecule has 0 aliphatic heterocycles. The largest absolute Gasteiger partial charge is 0.487 e. The Labute approximate surface area is 108 Å². The van der Waals surface area contributed by atoms with Gasteiger partial charge in [-0.05, 0) is 48.5 Å². The van der Waals surface area contributed by atoms with Gasteiger partial charge >= 0.3 is 0 Å². The Kier molecular flexibility index (Phi) is 2.91. The zero-order chi connectivity index (χ0) is 13.2. The number of benzene rings is 2. The van der Waals surface area contributed by atoms with Crippen molar-refractivity contribution in [3.8, 4) is 5.75 Å². The fraction of sp³-hybridized carbons (Fsp3) is 0.0667. The number of rotatable bonds is 3. The third kappa shape index (κ3) is 2.57. The quantitative estimate of drug-likeness (QED) is 0.754. The van der Waals surface area contributed by atoms with E-state index in [0.29, 0.717) is 12.4 Å². The van der Waals surface area contributed by atoms with Crippen LogP contribution in [0.2, 0.25) is 0 Å². The minimum atomic E-state index is -0.298. The molecule has 0 aliphatic rings. The predicted molar refractivity (Wildman–Crippen MR) is 69.0 cm³/mol. The Morgan fingerprint density at radius 1 is 0.895 bits per heavy atom. The molecule has 3 aromatic rings. The highest BCUT2D eigenvalue weighted by atomic mass is 19.1. The molecule has 2 nitrogen and oxygen atoms in total. The number of ether oxygens (including phenoxy) is 1. The fourth-order valence-electron chi connectivity index (χ4n) is 1.93. The predicted octanol–water partition coefficient (Wildman–Crippen LogP) is 4.03. The molecule has 3 rings (SSSR count). The van der Waals surface area contributed by atoms with Crippen molar-refractivity contribution in [1.82, 2.24) is 4.98 Å². The number of hydrogen-bond donors (Lipinski definition) is 1. The van der Waals surface area contributed by atoms with Crippen molar-refractivity contribution >= 4 is 10.9 Å². The first-order valence-electron chi connectivity index (χ1n) is 5.86. The van der Waals surface area contributed by atoms with Crippen molar-refractivity contribution in [2.24, 2.45) is 0 Å². The molecule has 96 valence electrons. The highest BCUT2D eigenvalue weighted by Gasteiger charge is 2.03. The molecule has 0 aliphatic carbocycles. The van der Waals surface area contributed by atoms with Crippen molar-refractivity contribution in [2.75, 3.05) is 0 Å². The molecule has 19 heavy (non-hydrogen) atoms. The van der Waals surface area contributed by atoms with Crippen molar-refractivity contribution in [3.05, 3.63) is 65.9 Å². The lowest BCUT2D eigenvalue weighted by Crippen LogP contribution is -1.95. The Bertz CT molecular complexity index is 704. The number of nitrogens with one attached hydrogen (secondary N) is 1. The molecule has 1 N–H and O–H groups in total. The SMILES string of the molecule is Fc1ccc(OCc2cc3cc(F)ccc3[nH]2)cc1. The second-order valence-electron chi connectivity index (χ2n) is 4.27. The summed E-state index contributed by atoms with van der Waals surface area (Å²) in [5.74, 6) is 0.0252. The van der Waals surface area contributed by atoms with Crippen LogP contribution in [0, 0.1) is 11.6 Å². The first kappa shape index (κ1) is 11.7. The summed E-state index contributed by atoms with van der Waals surface area (Å²) in [6.07, 6.45) is 0. The average Bonchev–Trinajstić information content (AvgIpc) is 2.80. The molecule has 0 saturated carbocycles. The molecule has 0 radical (unpaired) electrons. The minimum Gasteiger partial charge on any atom is -0.487 e. The number of aromatic amines is 1. The van der Waals surface area contributed by atoms with Gasteiger partial charge in [0.25, 0.3) is 0 Å². The Morgan fingerprint density at radius 3 is 2.42 bits per heavy atom. The summed E-state index contributed by atoms with van der Waals surface area (Å²) in [5, 5.41) is 0.803. The lowest BCUT2D eigenvalue weighted by atomic mass is 10.2. The molecule has 1 heterocycles. The summed E-state index contributed by atoms with van der Waals surface area (Å²) in [4.78, 5) is 3.14. The molecule has 0 atom stereocenters. The van der Waals surface area contributed by atoms with Gasteiger partial charge in [-0.3, -0.25) is 0 Å². The maximum atomic E-state index is 13.1. The minimum absolute atomic E-state index is 0.266. The van der Waals surface area contributed by atoms with Crippen LogP contribution >= 0.6 is 0 Å². The Balaban J connectivity index is 1.76. The third-order valence-corrected chi connectivity index (χ3v) is 2.85. The van der Waals surface area contributed by atoms with Crippen LogP contribution in [0.4, 0.5) is 8.78 Å². The van der Waals surface area contributed by atoms with Gasteiger partial charge in [-0.2, -0.15) is 0 Å². The third-order valence-electron chi connectivity index (χ3n) is 2.85. The lowest BCUT2D eigenvalue weighted by molar-refractivity contribution is 0.302. The molecule has 2 aromatic carbocycles. The van der Waals surface area contributed by atoms with E-state index >= 15 is 0 Å². The highest BCUT2D eigenvalue weighted by molar-refractivity contribution is 5.80. The van der Waals surface area contributed by atoms with E-state index in [2.05, 4.69) is 4.98 Å². The van der Waals surface area contributed by atoms with Crippen LogP contribution in [0.3, 0.4) is 0 Å². The van der Waals surface area contributed by atoms with Crippen molar-refractivity contribution in [2.45, 2.75) is 6.61 Å². The number of aromatic nitrogens is 1. The number of hydrogen-bond acceptors (Lipinski definition) is 1. The van der Waals surface area contributed by atoms with Crippen LogP contribution in [0.25, 0.3) is 10.9 Å². The van der Waals surface area contributed by atoms with Gasteiger partial charge in [-0.1, -0.05) is 0 Å². The van der Waals surface area contributed by atoms with E-state index in [1.807, 2.05) is 6.07 Å². The summed E-state index contributed by atoms with van der Waals surface area (Å²) in [6.45, 7) is 0.321. The van der Waals surface area contributed by atoms with Gasteiger partial charge in [0.05, 0.1) is 5.69 Å². The number of H-pyrrole nitrogens is 1. The van der Waals surface area contributed by atoms with E-state index in [4.69, 9.17) is 4.74 Å². The normalized spacial score (nSPS) is 10.8. The van der Waals surface area contributed by atoms with E-state index in [9.17, 15) is 8.78 Å². The van der Waals surface area contributed by atoms with E-state index in [0.717, 1.165) is 16.6 Å². The smallest absolute Gasteiger partial charge is 0.128 e. The topological polar surface area (TPSA) is 25.0 Å². The maximum Gasteiger partial charge on any atom is 0.128 e. The van der Waals surface area contributed by atoms with Crippen molar-refractivity contribution in [3.63, 3.8) is 0 Å². The molecule has 0 unspecified atom stereocenters. The summed E-state index contributed by atoms with van der Waals surface area (Å²) in [7, 11) is 0. The first-order chi connectivity index (χ1) is 9.20. The molecule has 0 amide bonds. The van der Waals surface area contributed by atoms with Crippen LogP contribution in [-0.4, -0.2) is 4.98 Å². The van der Waals surface area contributed by atoms with Crippen LogP contribution in [0.1, 0.15) is 5.69 Å². The van der Waals surface area contributed by atoms with Gasteiger partial charge < -0.3 is 9.72 Å².